The number of H-pyrrole nitrogens is 1. The summed E-state index contributed by atoms with van der Waals surface area (Å²) in [6.07, 6.45) is 10.5. The van der Waals surface area contributed by atoms with Crippen LogP contribution in [0.5, 0.6) is 0 Å². The average molecular weight is 396 g/mol. The van der Waals surface area contributed by atoms with Gasteiger partial charge in [0.05, 0.1) is 6.20 Å². The Labute approximate surface area is 170 Å². The molecule has 29 heavy (non-hydrogen) atoms. The summed E-state index contributed by atoms with van der Waals surface area (Å²) in [5, 5.41) is 15.1. The van der Waals surface area contributed by atoms with E-state index >= 15 is 0 Å². The fourth-order valence-electron chi connectivity index (χ4n) is 4.32. The fourth-order valence-corrected chi connectivity index (χ4v) is 4.32. The largest absolute Gasteiger partial charge is 0.368 e. The maximum absolute atomic E-state index is 13.0. The van der Waals surface area contributed by atoms with Gasteiger partial charge in [-0.05, 0) is 38.8 Å². The highest BCUT2D eigenvalue weighted by molar-refractivity contribution is 5.99. The molecule has 0 aliphatic carbocycles. The van der Waals surface area contributed by atoms with E-state index in [1.54, 1.807) is 24.8 Å². The van der Waals surface area contributed by atoms with Crippen LogP contribution in [0, 0.1) is 17.2 Å². The number of nitrogens with zero attached hydrogens (tertiary/aromatic N) is 5. The number of aromatic amines is 1. The predicted octanol–water partition coefficient (Wildman–Crippen LogP) is 1.30. The number of nitrogen functional groups attached to an aromatic ring is 1. The van der Waals surface area contributed by atoms with Crippen LogP contribution in [0.4, 0.5) is 5.95 Å². The number of hydrogen-bond acceptors (Lipinski definition) is 7. The summed E-state index contributed by atoms with van der Waals surface area (Å²) >= 11 is 0. The van der Waals surface area contributed by atoms with E-state index in [4.69, 9.17) is 11.1 Å². The number of nitrogens with two attached hydrogens (primary N) is 1. The molecule has 0 bridgehead atoms. The van der Waals surface area contributed by atoms with Crippen molar-refractivity contribution in [2.75, 3.05) is 31.9 Å². The maximum atomic E-state index is 13.0. The van der Waals surface area contributed by atoms with Crippen molar-refractivity contribution in [3.05, 3.63) is 35.9 Å². The lowest BCUT2D eigenvalue weighted by Crippen LogP contribution is -2.46. The molecule has 154 valence electrons. The lowest BCUT2D eigenvalue weighted by atomic mass is 9.88. The minimum Gasteiger partial charge on any atom is -0.368 e. The number of carbonyl (C=O) groups excluding carboxylic acids is 1. The minimum absolute atomic E-state index is 0.110. The molecule has 4 heterocycles. The number of amides is 1. The first-order valence-corrected chi connectivity index (χ1v) is 10.3. The summed E-state index contributed by atoms with van der Waals surface area (Å²) in [7, 11) is 0. The molecule has 4 rings (SSSR count). The number of likely N-dealkylation sites (tertiary alicyclic amines) is 2. The molecule has 2 aromatic rings. The molecule has 2 aliphatic heterocycles. The highest BCUT2D eigenvalue weighted by Gasteiger charge is 2.32. The van der Waals surface area contributed by atoms with Crippen molar-refractivity contribution in [1.82, 2.24) is 30.0 Å². The van der Waals surface area contributed by atoms with Gasteiger partial charge in [0.1, 0.15) is 0 Å². The van der Waals surface area contributed by atoms with Crippen LogP contribution >= 0.6 is 0 Å². The normalized spacial score (nSPS) is 19.4. The van der Waals surface area contributed by atoms with Gasteiger partial charge in [-0.2, -0.15) is 5.10 Å². The first-order chi connectivity index (χ1) is 14.1. The third-order valence-corrected chi connectivity index (χ3v) is 6.09. The van der Waals surface area contributed by atoms with Gasteiger partial charge in [0, 0.05) is 66.9 Å². The van der Waals surface area contributed by atoms with E-state index in [0.29, 0.717) is 11.7 Å². The number of carbonyl (C=O) groups is 1. The minimum atomic E-state index is 0.110. The summed E-state index contributed by atoms with van der Waals surface area (Å²) in [4.78, 5) is 25.4. The fraction of sp³-hybridized carbons (Fsp3) is 0.550. The third-order valence-electron chi connectivity index (χ3n) is 6.09. The molecule has 2 aliphatic rings. The van der Waals surface area contributed by atoms with E-state index in [1.807, 2.05) is 4.90 Å². The zero-order valence-electron chi connectivity index (χ0n) is 16.5. The zero-order chi connectivity index (χ0) is 20.2. The second-order valence-corrected chi connectivity index (χ2v) is 8.00. The van der Waals surface area contributed by atoms with Crippen molar-refractivity contribution in [2.45, 2.75) is 32.2 Å². The molecule has 0 unspecified atom stereocenters. The van der Waals surface area contributed by atoms with Gasteiger partial charge < -0.3 is 16.0 Å². The number of anilines is 1. The Morgan fingerprint density at radius 2 is 1.72 bits per heavy atom. The van der Waals surface area contributed by atoms with E-state index in [1.165, 1.54) is 0 Å². The molecule has 2 aromatic heterocycles. The first kappa shape index (κ1) is 19.5. The molecule has 4 N–H and O–H groups in total. The van der Waals surface area contributed by atoms with Crippen molar-refractivity contribution >= 4 is 17.6 Å². The van der Waals surface area contributed by atoms with Crippen molar-refractivity contribution in [1.29, 1.82) is 5.41 Å². The topological polar surface area (TPSA) is 128 Å². The van der Waals surface area contributed by atoms with Crippen molar-refractivity contribution in [3.8, 4) is 0 Å². The Morgan fingerprint density at radius 3 is 2.34 bits per heavy atom. The van der Waals surface area contributed by atoms with Crippen LogP contribution in [0.2, 0.25) is 0 Å². The van der Waals surface area contributed by atoms with Gasteiger partial charge in [-0.3, -0.25) is 14.8 Å². The van der Waals surface area contributed by atoms with E-state index < -0.39 is 0 Å². The van der Waals surface area contributed by atoms with Crippen molar-refractivity contribution < 1.29 is 4.79 Å². The molecule has 9 heteroatoms. The van der Waals surface area contributed by atoms with Gasteiger partial charge in [0.25, 0.3) is 0 Å². The standard InChI is InChI=1S/C20H28N8O/c21-18(17-11-25-26-12-17)15-3-7-28(8-4-15)19(29)16-1-5-27(6-2-16)13-14-9-23-20(22)24-10-14/h9-12,15-16,21H,1-8,13H2,(H,25,26)(H2,22,23,24). The smallest absolute Gasteiger partial charge is 0.225 e. The van der Waals surface area contributed by atoms with Crippen LogP contribution in [0.3, 0.4) is 0 Å². The highest BCUT2D eigenvalue weighted by Crippen LogP contribution is 2.26. The molecule has 0 saturated carbocycles. The van der Waals surface area contributed by atoms with Crippen LogP contribution in [-0.2, 0) is 11.3 Å². The Bertz CT molecular complexity index is 819. The molecular weight excluding hydrogens is 368 g/mol. The van der Waals surface area contributed by atoms with E-state index in [9.17, 15) is 4.79 Å². The van der Waals surface area contributed by atoms with Crippen LogP contribution in [0.25, 0.3) is 0 Å². The lowest BCUT2D eigenvalue weighted by molar-refractivity contribution is -0.138. The molecular formula is C20H28N8O. The van der Waals surface area contributed by atoms with E-state index in [-0.39, 0.29) is 17.7 Å². The van der Waals surface area contributed by atoms with Crippen LogP contribution in [0.1, 0.15) is 36.8 Å². The Kier molecular flexibility index (Phi) is 5.84. The molecule has 2 fully saturated rings. The zero-order valence-corrected chi connectivity index (χ0v) is 16.5. The average Bonchev–Trinajstić information content (AvgIpc) is 3.30. The molecule has 0 aromatic carbocycles. The molecule has 9 nitrogen and oxygen atoms in total. The number of aromatic nitrogens is 4. The van der Waals surface area contributed by atoms with Crippen molar-refractivity contribution in [3.63, 3.8) is 0 Å². The van der Waals surface area contributed by atoms with Crippen molar-refractivity contribution in [2.24, 2.45) is 11.8 Å². The monoisotopic (exact) mass is 396 g/mol. The molecule has 1 amide bonds. The lowest BCUT2D eigenvalue weighted by Gasteiger charge is -2.37. The first-order valence-electron chi connectivity index (χ1n) is 10.3. The Hall–Kier alpha value is -2.81. The van der Waals surface area contributed by atoms with Crippen LogP contribution in [-0.4, -0.2) is 67.8 Å². The van der Waals surface area contributed by atoms with Gasteiger partial charge in [0.15, 0.2) is 0 Å². The number of rotatable bonds is 5. The molecule has 0 radical (unpaired) electrons. The van der Waals surface area contributed by atoms with Crippen LogP contribution in [0.15, 0.2) is 24.8 Å². The van der Waals surface area contributed by atoms with Gasteiger partial charge in [-0.15, -0.1) is 0 Å². The van der Waals surface area contributed by atoms with Gasteiger partial charge in [-0.1, -0.05) is 0 Å². The summed E-state index contributed by atoms with van der Waals surface area (Å²) < 4.78 is 0. The van der Waals surface area contributed by atoms with Gasteiger partial charge in [-0.25, -0.2) is 9.97 Å². The maximum Gasteiger partial charge on any atom is 0.225 e. The SMILES string of the molecule is N=C(c1cn[nH]c1)C1CCN(C(=O)C2CCN(Cc3cnc(N)nc3)CC2)CC1. The number of piperidine rings is 2. The Balaban J connectivity index is 1.23. The number of hydrogen-bond donors (Lipinski definition) is 3. The predicted molar refractivity (Wildman–Crippen MR) is 109 cm³/mol. The highest BCUT2D eigenvalue weighted by atomic mass is 16.2. The second-order valence-electron chi connectivity index (χ2n) is 8.00. The summed E-state index contributed by atoms with van der Waals surface area (Å²) in [5.41, 5.74) is 8.07. The van der Waals surface area contributed by atoms with Gasteiger partial charge >= 0.3 is 0 Å². The second kappa shape index (κ2) is 8.69. The van der Waals surface area contributed by atoms with Crippen LogP contribution < -0.4 is 5.73 Å². The summed E-state index contributed by atoms with van der Waals surface area (Å²) in [5.74, 6) is 0.898. The number of nitrogens with one attached hydrogen (secondary N) is 2. The van der Waals surface area contributed by atoms with Gasteiger partial charge in [0.2, 0.25) is 11.9 Å². The van der Waals surface area contributed by atoms with E-state index in [0.717, 1.165) is 69.5 Å². The van der Waals surface area contributed by atoms with E-state index in [2.05, 4.69) is 25.1 Å². The summed E-state index contributed by atoms with van der Waals surface area (Å²) in [6.45, 7) is 4.09. The summed E-state index contributed by atoms with van der Waals surface area (Å²) in [6, 6.07) is 0. The third kappa shape index (κ3) is 4.61. The molecule has 0 atom stereocenters. The Morgan fingerprint density at radius 1 is 1.07 bits per heavy atom. The quantitative estimate of drug-likeness (QED) is 0.654. The molecule has 2 saturated heterocycles. The molecule has 0 spiro atoms.